The number of carbonyl (C=O) groups is 1. The summed E-state index contributed by atoms with van der Waals surface area (Å²) in [6, 6.07) is 4.93. The van der Waals surface area contributed by atoms with Gasteiger partial charge in [0.25, 0.3) is 0 Å². The van der Waals surface area contributed by atoms with Crippen LogP contribution in [0.2, 0.25) is 0 Å². The average molecular weight is 354 g/mol. The fourth-order valence-corrected chi connectivity index (χ4v) is 3.44. The molecule has 1 aromatic carbocycles. The number of primary amides is 1. The maximum Gasteiger partial charge on any atom is 0.344 e. The summed E-state index contributed by atoms with van der Waals surface area (Å²) < 4.78 is 34.8. The fourth-order valence-electron chi connectivity index (χ4n) is 2.60. The van der Waals surface area contributed by atoms with E-state index in [0.717, 1.165) is 0 Å². The molecule has 0 fully saturated rings. The minimum absolute atomic E-state index is 0.123. The molecule has 0 radical (unpaired) electrons. The molecule has 8 nitrogen and oxygen atoms in total. The topological polar surface area (TPSA) is 137 Å². The number of ether oxygens (including phenoxy) is 1. The molecule has 0 aromatic heterocycles. The number of nitrogens with zero attached hydrogens (tertiary/aromatic N) is 1. The van der Waals surface area contributed by atoms with Crippen molar-refractivity contribution in [2.45, 2.75) is 27.2 Å². The molecule has 1 aromatic rings. The molecule has 9 heteroatoms. The van der Waals surface area contributed by atoms with E-state index in [1.54, 1.807) is 25.1 Å². The number of rotatable bonds is 6. The van der Waals surface area contributed by atoms with Crippen molar-refractivity contribution in [1.82, 2.24) is 0 Å². The molecule has 24 heavy (non-hydrogen) atoms. The van der Waals surface area contributed by atoms with Gasteiger partial charge in [-0.05, 0) is 24.0 Å². The van der Waals surface area contributed by atoms with Crippen LogP contribution in [0.5, 0.6) is 5.75 Å². The molecule has 1 aliphatic rings. The van der Waals surface area contributed by atoms with E-state index in [1.807, 2.05) is 13.8 Å². The molecule has 0 spiro atoms. The number of carbonyl (C=O) groups excluding carboxylic acids is 1. The summed E-state index contributed by atoms with van der Waals surface area (Å²) in [6.45, 7) is 6.00. The molecule has 2 rings (SSSR count). The van der Waals surface area contributed by atoms with E-state index in [0.29, 0.717) is 30.0 Å². The number of amides is 1. The summed E-state index contributed by atoms with van der Waals surface area (Å²) in [5.74, 6) is -0.323. The first-order valence-corrected chi connectivity index (χ1v) is 8.88. The second kappa shape index (κ2) is 6.31. The summed E-state index contributed by atoms with van der Waals surface area (Å²) in [5.41, 5.74) is 11.5. The number of benzene rings is 1. The van der Waals surface area contributed by atoms with Crippen LogP contribution in [0.1, 0.15) is 32.8 Å². The molecule has 132 valence electrons. The fraction of sp³-hybridized carbons (Fsp3) is 0.467. The summed E-state index contributed by atoms with van der Waals surface area (Å²) >= 11 is 0. The van der Waals surface area contributed by atoms with Crippen molar-refractivity contribution in [3.05, 3.63) is 23.8 Å². The molecule has 1 unspecified atom stereocenters. The van der Waals surface area contributed by atoms with Crippen molar-refractivity contribution in [3.63, 3.8) is 0 Å². The summed E-state index contributed by atoms with van der Waals surface area (Å²) in [7, 11) is -3.82. The molecule has 0 saturated carbocycles. The zero-order valence-electron chi connectivity index (χ0n) is 13.9. The summed E-state index contributed by atoms with van der Waals surface area (Å²) in [6.07, 6.45) is 0.563. The third-order valence-corrected chi connectivity index (χ3v) is 4.62. The Balaban J connectivity index is 2.19. The number of nitrogens with one attached hydrogen (secondary N) is 1. The highest BCUT2D eigenvalue weighted by atomic mass is 32.2. The van der Waals surface area contributed by atoms with Crippen LogP contribution >= 0.6 is 0 Å². The Morgan fingerprint density at radius 2 is 2.08 bits per heavy atom. The Morgan fingerprint density at radius 1 is 1.42 bits per heavy atom. The largest absolute Gasteiger partial charge is 0.492 e. The van der Waals surface area contributed by atoms with E-state index in [9.17, 15) is 13.2 Å². The van der Waals surface area contributed by atoms with E-state index in [4.69, 9.17) is 16.2 Å². The van der Waals surface area contributed by atoms with Gasteiger partial charge in [0.1, 0.15) is 5.75 Å². The second-order valence-electron chi connectivity index (χ2n) is 6.69. The van der Waals surface area contributed by atoms with Crippen LogP contribution in [0.4, 0.5) is 5.69 Å². The minimum Gasteiger partial charge on any atom is -0.492 e. The highest BCUT2D eigenvalue weighted by Gasteiger charge is 2.27. The molecule has 5 N–H and O–H groups in total. The van der Waals surface area contributed by atoms with Crippen molar-refractivity contribution in [3.8, 4) is 5.75 Å². The van der Waals surface area contributed by atoms with Gasteiger partial charge in [-0.3, -0.25) is 9.52 Å². The zero-order valence-corrected chi connectivity index (χ0v) is 14.7. The Hall–Kier alpha value is -2.29. The van der Waals surface area contributed by atoms with Gasteiger partial charge >= 0.3 is 10.2 Å². The van der Waals surface area contributed by atoms with Crippen molar-refractivity contribution in [2.24, 2.45) is 27.2 Å². The predicted molar refractivity (Wildman–Crippen MR) is 92.0 cm³/mol. The number of hydrogen-bond donors (Lipinski definition) is 3. The van der Waals surface area contributed by atoms with Gasteiger partial charge in [0.05, 0.1) is 17.9 Å². The van der Waals surface area contributed by atoms with Gasteiger partial charge in [-0.2, -0.15) is 8.42 Å². The molecule has 1 aliphatic heterocycles. The normalized spacial score (nSPS) is 17.2. The third kappa shape index (κ3) is 4.16. The van der Waals surface area contributed by atoms with E-state index in [-0.39, 0.29) is 23.1 Å². The average Bonchev–Trinajstić information content (AvgIpc) is 2.42. The first-order chi connectivity index (χ1) is 11.0. The van der Waals surface area contributed by atoms with Gasteiger partial charge in [-0.25, -0.2) is 0 Å². The van der Waals surface area contributed by atoms with E-state index in [1.165, 1.54) is 0 Å². The lowest BCUT2D eigenvalue weighted by molar-refractivity contribution is -0.122. The third-order valence-electron chi connectivity index (χ3n) is 3.70. The van der Waals surface area contributed by atoms with E-state index < -0.39 is 10.2 Å². The predicted octanol–water partition coefficient (Wildman–Crippen LogP) is 0.979. The Kier molecular flexibility index (Phi) is 4.75. The minimum atomic E-state index is -3.82. The van der Waals surface area contributed by atoms with Crippen LogP contribution < -0.4 is 20.9 Å². The summed E-state index contributed by atoms with van der Waals surface area (Å²) in [5, 5.41) is 0. The highest BCUT2D eigenvalue weighted by molar-refractivity contribution is 7.91. The van der Waals surface area contributed by atoms with E-state index >= 15 is 0 Å². The van der Waals surface area contributed by atoms with Gasteiger partial charge < -0.3 is 16.2 Å². The van der Waals surface area contributed by atoms with Crippen molar-refractivity contribution in [1.29, 1.82) is 0 Å². The molecule has 0 bridgehead atoms. The maximum absolute atomic E-state index is 11.6. The number of nitrogens with two attached hydrogens (primary N) is 2. The molecule has 1 heterocycles. The Bertz CT molecular complexity index is 787. The standard InChI is InChI=1S/C15H22N4O4S/c1-9(14(17)20)7-15(2,3)8-23-11-6-4-5-10-12(11)13(16)19-24(21,22)18-10/h4-6,9,18H,7-8H2,1-3H3,(H2,16,19)(H2,17,20). The van der Waals surface area contributed by atoms with Crippen molar-refractivity contribution < 1.29 is 17.9 Å². The Labute approximate surface area is 141 Å². The molecular formula is C15H22N4O4S. The molecule has 0 saturated heterocycles. The molecule has 0 aliphatic carbocycles. The monoisotopic (exact) mass is 354 g/mol. The lowest BCUT2D eigenvalue weighted by atomic mass is 9.84. The number of anilines is 1. The smallest absolute Gasteiger partial charge is 0.344 e. The van der Waals surface area contributed by atoms with Crippen LogP contribution in [-0.2, 0) is 15.0 Å². The maximum atomic E-state index is 11.6. The van der Waals surface area contributed by atoms with Crippen LogP contribution in [0.25, 0.3) is 0 Å². The van der Waals surface area contributed by atoms with Crippen molar-refractivity contribution >= 4 is 27.6 Å². The van der Waals surface area contributed by atoms with Gasteiger partial charge in [-0.15, -0.1) is 4.40 Å². The van der Waals surface area contributed by atoms with E-state index in [2.05, 4.69) is 9.12 Å². The van der Waals surface area contributed by atoms with Crippen LogP contribution in [0.15, 0.2) is 22.6 Å². The second-order valence-corrected chi connectivity index (χ2v) is 8.03. The lowest BCUT2D eigenvalue weighted by Gasteiger charge is -2.28. The number of amidine groups is 1. The lowest BCUT2D eigenvalue weighted by Crippen LogP contribution is -2.31. The summed E-state index contributed by atoms with van der Waals surface area (Å²) in [4.78, 5) is 11.2. The molecule has 1 atom stereocenters. The first-order valence-electron chi connectivity index (χ1n) is 7.44. The number of fused-ring (bicyclic) bond motifs is 1. The van der Waals surface area contributed by atoms with Gasteiger partial charge in [0.2, 0.25) is 5.91 Å². The zero-order chi connectivity index (χ0) is 18.1. The molecule has 1 amide bonds. The van der Waals surface area contributed by atoms with Crippen LogP contribution in [-0.4, -0.2) is 26.8 Å². The van der Waals surface area contributed by atoms with Crippen molar-refractivity contribution in [2.75, 3.05) is 11.3 Å². The highest BCUT2D eigenvalue weighted by Crippen LogP contribution is 2.33. The SMILES string of the molecule is CC(CC(C)(C)COc1cccc2c1C(N)=NS(=O)(=O)N2)C(N)=O. The molecular weight excluding hydrogens is 332 g/mol. The first kappa shape index (κ1) is 18.1. The number of hydrogen-bond acceptors (Lipinski definition) is 5. The van der Waals surface area contributed by atoms with Crippen LogP contribution in [0.3, 0.4) is 0 Å². The van der Waals surface area contributed by atoms with Crippen LogP contribution in [0, 0.1) is 11.3 Å². The van der Waals surface area contributed by atoms with Gasteiger partial charge in [-0.1, -0.05) is 26.8 Å². The Morgan fingerprint density at radius 3 is 2.71 bits per heavy atom. The van der Waals surface area contributed by atoms with Gasteiger partial charge in [0, 0.05) is 5.92 Å². The quantitative estimate of drug-likeness (QED) is 0.699. The van der Waals surface area contributed by atoms with Gasteiger partial charge in [0.15, 0.2) is 5.84 Å².